The van der Waals surface area contributed by atoms with Gasteiger partial charge < -0.3 is 16.4 Å². The molecular weight excluding hydrogens is 170 g/mol. The lowest BCUT2D eigenvalue weighted by atomic mass is 10.4. The van der Waals surface area contributed by atoms with Crippen molar-refractivity contribution in [3.05, 3.63) is 0 Å². The van der Waals surface area contributed by atoms with Gasteiger partial charge in [-0.2, -0.15) is 0 Å². The SMILES string of the molecule is CCC(=O)NCCNC(=O)CCN. The number of rotatable bonds is 6. The smallest absolute Gasteiger partial charge is 0.221 e. The molecule has 4 N–H and O–H groups in total. The Balaban J connectivity index is 3.25. The first kappa shape index (κ1) is 11.9. The summed E-state index contributed by atoms with van der Waals surface area (Å²) in [4.78, 5) is 21.6. The van der Waals surface area contributed by atoms with Crippen LogP contribution in [0.1, 0.15) is 19.8 Å². The lowest BCUT2D eigenvalue weighted by molar-refractivity contribution is -0.122. The van der Waals surface area contributed by atoms with Crippen LogP contribution in [-0.4, -0.2) is 31.4 Å². The Bertz CT molecular complexity index is 171. The molecule has 0 radical (unpaired) electrons. The summed E-state index contributed by atoms with van der Waals surface area (Å²) in [6.07, 6.45) is 0.804. The molecule has 0 aromatic rings. The molecule has 2 amide bonds. The molecule has 0 aromatic carbocycles. The van der Waals surface area contributed by atoms with Crippen LogP contribution in [0.5, 0.6) is 0 Å². The normalized spacial score (nSPS) is 9.38. The minimum atomic E-state index is -0.0757. The monoisotopic (exact) mass is 187 g/mol. The van der Waals surface area contributed by atoms with Crippen LogP contribution in [-0.2, 0) is 9.59 Å². The van der Waals surface area contributed by atoms with Gasteiger partial charge in [-0.25, -0.2) is 0 Å². The Kier molecular flexibility index (Phi) is 6.91. The van der Waals surface area contributed by atoms with Crippen molar-refractivity contribution in [1.82, 2.24) is 10.6 Å². The van der Waals surface area contributed by atoms with Crippen LogP contribution < -0.4 is 16.4 Å². The second-order valence-corrected chi connectivity index (χ2v) is 2.59. The number of carbonyl (C=O) groups excluding carboxylic acids is 2. The Morgan fingerprint density at radius 1 is 1.15 bits per heavy atom. The van der Waals surface area contributed by atoms with E-state index in [0.29, 0.717) is 32.5 Å². The molecule has 0 saturated carbocycles. The summed E-state index contributed by atoms with van der Waals surface area (Å²) >= 11 is 0. The molecule has 0 fully saturated rings. The average Bonchev–Trinajstić information content (AvgIpc) is 2.12. The predicted octanol–water partition coefficient (Wildman–Crippen LogP) is -1.02. The molecule has 0 heterocycles. The minimum Gasteiger partial charge on any atom is -0.354 e. The van der Waals surface area contributed by atoms with E-state index in [2.05, 4.69) is 10.6 Å². The molecule has 0 bridgehead atoms. The summed E-state index contributed by atoms with van der Waals surface area (Å²) in [5, 5.41) is 5.27. The maximum Gasteiger partial charge on any atom is 0.221 e. The minimum absolute atomic E-state index is 0.00641. The van der Waals surface area contributed by atoms with Crippen LogP contribution in [0.4, 0.5) is 0 Å². The molecule has 5 heteroatoms. The second kappa shape index (κ2) is 7.54. The van der Waals surface area contributed by atoms with Gasteiger partial charge in [0.25, 0.3) is 0 Å². The quantitative estimate of drug-likeness (QED) is 0.465. The summed E-state index contributed by atoms with van der Waals surface area (Å²) in [5.41, 5.74) is 5.17. The first-order valence-electron chi connectivity index (χ1n) is 4.44. The van der Waals surface area contributed by atoms with Gasteiger partial charge in [-0.05, 0) is 0 Å². The zero-order valence-corrected chi connectivity index (χ0v) is 7.93. The summed E-state index contributed by atoms with van der Waals surface area (Å²) in [5.74, 6) is -0.0821. The van der Waals surface area contributed by atoms with E-state index in [0.717, 1.165) is 0 Å². The van der Waals surface area contributed by atoms with Crippen molar-refractivity contribution in [3.63, 3.8) is 0 Å². The van der Waals surface area contributed by atoms with Crippen LogP contribution in [0.15, 0.2) is 0 Å². The van der Waals surface area contributed by atoms with Gasteiger partial charge in [0, 0.05) is 32.5 Å². The lowest BCUT2D eigenvalue weighted by Crippen LogP contribution is -2.34. The molecular formula is C8H17N3O2. The van der Waals surface area contributed by atoms with E-state index in [4.69, 9.17) is 5.73 Å². The van der Waals surface area contributed by atoms with E-state index in [1.165, 1.54) is 0 Å². The summed E-state index contributed by atoms with van der Waals surface area (Å²) in [6.45, 7) is 3.07. The van der Waals surface area contributed by atoms with Gasteiger partial charge in [-0.1, -0.05) is 6.92 Å². The molecule has 76 valence electrons. The number of nitrogens with one attached hydrogen (secondary N) is 2. The van der Waals surface area contributed by atoms with Gasteiger partial charge in [-0.15, -0.1) is 0 Å². The fourth-order valence-corrected chi connectivity index (χ4v) is 0.748. The van der Waals surface area contributed by atoms with E-state index in [-0.39, 0.29) is 11.8 Å². The highest BCUT2D eigenvalue weighted by Gasteiger charge is 1.98. The number of hydrogen-bond donors (Lipinski definition) is 3. The van der Waals surface area contributed by atoms with Gasteiger partial charge in [0.1, 0.15) is 0 Å². The third kappa shape index (κ3) is 7.27. The summed E-state index contributed by atoms with van der Waals surface area (Å²) in [6, 6.07) is 0. The second-order valence-electron chi connectivity index (χ2n) is 2.59. The highest BCUT2D eigenvalue weighted by molar-refractivity contribution is 5.76. The Hall–Kier alpha value is -1.10. The number of carbonyl (C=O) groups is 2. The van der Waals surface area contributed by atoms with Gasteiger partial charge in [0.15, 0.2) is 0 Å². The van der Waals surface area contributed by atoms with Gasteiger partial charge in [-0.3, -0.25) is 9.59 Å². The molecule has 0 aliphatic carbocycles. The fraction of sp³-hybridized carbons (Fsp3) is 0.750. The molecule has 0 rings (SSSR count). The van der Waals surface area contributed by atoms with Crippen molar-refractivity contribution >= 4 is 11.8 Å². The fourth-order valence-electron chi connectivity index (χ4n) is 0.748. The van der Waals surface area contributed by atoms with E-state index < -0.39 is 0 Å². The first-order chi connectivity index (χ1) is 6.20. The zero-order valence-electron chi connectivity index (χ0n) is 7.93. The van der Waals surface area contributed by atoms with Crippen LogP contribution in [0.2, 0.25) is 0 Å². The van der Waals surface area contributed by atoms with Crippen molar-refractivity contribution in [2.24, 2.45) is 5.73 Å². The molecule has 0 aromatic heterocycles. The van der Waals surface area contributed by atoms with Gasteiger partial charge in [0.2, 0.25) is 11.8 Å². The van der Waals surface area contributed by atoms with Crippen LogP contribution in [0, 0.1) is 0 Å². The van der Waals surface area contributed by atoms with Crippen molar-refractivity contribution in [3.8, 4) is 0 Å². The standard InChI is InChI=1S/C8H17N3O2/c1-2-7(12)10-5-6-11-8(13)3-4-9/h2-6,9H2,1H3,(H,10,12)(H,11,13). The van der Waals surface area contributed by atoms with Crippen molar-refractivity contribution in [1.29, 1.82) is 0 Å². The van der Waals surface area contributed by atoms with E-state index in [1.807, 2.05) is 0 Å². The average molecular weight is 187 g/mol. The Morgan fingerprint density at radius 3 is 2.15 bits per heavy atom. The molecule has 5 nitrogen and oxygen atoms in total. The van der Waals surface area contributed by atoms with E-state index in [9.17, 15) is 9.59 Å². The van der Waals surface area contributed by atoms with Crippen LogP contribution >= 0.6 is 0 Å². The molecule has 0 unspecified atom stereocenters. The third-order valence-corrected chi connectivity index (χ3v) is 1.46. The maximum absolute atomic E-state index is 10.9. The van der Waals surface area contributed by atoms with Crippen LogP contribution in [0.3, 0.4) is 0 Å². The number of nitrogens with two attached hydrogens (primary N) is 1. The molecule has 0 saturated heterocycles. The molecule has 0 atom stereocenters. The first-order valence-corrected chi connectivity index (χ1v) is 4.44. The summed E-state index contributed by atoms with van der Waals surface area (Å²) in [7, 11) is 0. The van der Waals surface area contributed by atoms with Crippen molar-refractivity contribution < 1.29 is 9.59 Å². The van der Waals surface area contributed by atoms with E-state index in [1.54, 1.807) is 6.92 Å². The van der Waals surface area contributed by atoms with Gasteiger partial charge >= 0.3 is 0 Å². The van der Waals surface area contributed by atoms with Gasteiger partial charge in [0.05, 0.1) is 0 Å². The number of hydrogen-bond acceptors (Lipinski definition) is 3. The van der Waals surface area contributed by atoms with E-state index >= 15 is 0 Å². The lowest BCUT2D eigenvalue weighted by Gasteiger charge is -2.04. The third-order valence-electron chi connectivity index (χ3n) is 1.46. The predicted molar refractivity (Wildman–Crippen MR) is 50.0 cm³/mol. The molecule has 0 spiro atoms. The molecule has 0 aliphatic rings. The van der Waals surface area contributed by atoms with Crippen LogP contribution in [0.25, 0.3) is 0 Å². The Labute approximate surface area is 78.1 Å². The molecule has 0 aliphatic heterocycles. The topological polar surface area (TPSA) is 84.2 Å². The highest BCUT2D eigenvalue weighted by atomic mass is 16.2. The number of amides is 2. The highest BCUT2D eigenvalue weighted by Crippen LogP contribution is 1.75. The van der Waals surface area contributed by atoms with Crippen molar-refractivity contribution in [2.45, 2.75) is 19.8 Å². The zero-order chi connectivity index (χ0) is 10.1. The molecule has 13 heavy (non-hydrogen) atoms. The van der Waals surface area contributed by atoms with Crippen molar-refractivity contribution in [2.75, 3.05) is 19.6 Å². The largest absolute Gasteiger partial charge is 0.354 e. The summed E-state index contributed by atoms with van der Waals surface area (Å²) < 4.78 is 0. The maximum atomic E-state index is 10.9. The Morgan fingerprint density at radius 2 is 1.69 bits per heavy atom.